The second-order valence-electron chi connectivity index (χ2n) is 9.40. The zero-order chi connectivity index (χ0) is 25.1. The van der Waals surface area contributed by atoms with Crippen LogP contribution < -0.4 is 10.2 Å². The second kappa shape index (κ2) is 10.2. The van der Waals surface area contributed by atoms with Crippen molar-refractivity contribution in [2.75, 3.05) is 30.9 Å². The molecule has 5 rings (SSSR count). The molecule has 0 bridgehead atoms. The van der Waals surface area contributed by atoms with E-state index in [2.05, 4.69) is 47.8 Å². The molecule has 4 aromatic carbocycles. The third-order valence-corrected chi connectivity index (χ3v) is 8.62. The number of benzene rings is 4. The van der Waals surface area contributed by atoms with Crippen molar-refractivity contribution in [3.05, 3.63) is 114 Å². The van der Waals surface area contributed by atoms with Gasteiger partial charge in [-0.15, -0.1) is 0 Å². The largest absolute Gasteiger partial charge is 0.383 e. The molecule has 1 atom stereocenters. The fourth-order valence-corrected chi connectivity index (χ4v) is 6.37. The summed E-state index contributed by atoms with van der Waals surface area (Å²) in [7, 11) is 0.0714. The smallest absolute Gasteiger partial charge is 0.243 e. The normalized spacial score (nSPS) is 16.0. The molecule has 0 fully saturated rings. The number of nitrogens with one attached hydrogen (secondary N) is 1. The number of sulfonamides is 1. The molecule has 0 saturated heterocycles. The molecule has 4 aromatic rings. The Labute approximate surface area is 214 Å². The fraction of sp³-hybridized carbons (Fsp3) is 0.200. The van der Waals surface area contributed by atoms with Crippen LogP contribution in [0.15, 0.2) is 108 Å². The molecular formula is C30H31N3O2S. The molecule has 6 heteroatoms. The van der Waals surface area contributed by atoms with E-state index in [1.165, 1.54) is 0 Å². The summed E-state index contributed by atoms with van der Waals surface area (Å²) in [6, 6.07) is 33.5. The maximum absolute atomic E-state index is 14.2. The van der Waals surface area contributed by atoms with Gasteiger partial charge in [0.05, 0.1) is 4.90 Å². The molecule has 1 aliphatic heterocycles. The predicted octanol–water partition coefficient (Wildman–Crippen LogP) is 5.65. The first-order valence-electron chi connectivity index (χ1n) is 12.2. The van der Waals surface area contributed by atoms with Crippen molar-refractivity contribution in [1.29, 1.82) is 0 Å². The monoisotopic (exact) mass is 497 g/mol. The fourth-order valence-electron chi connectivity index (χ4n) is 4.73. The number of anilines is 2. The molecule has 1 aliphatic rings. The average Bonchev–Trinajstić information content (AvgIpc) is 3.09. The lowest BCUT2D eigenvalue weighted by Crippen LogP contribution is -2.43. The van der Waals surface area contributed by atoms with Crippen LogP contribution in [-0.2, 0) is 23.0 Å². The van der Waals surface area contributed by atoms with E-state index < -0.39 is 10.0 Å². The molecule has 36 heavy (non-hydrogen) atoms. The van der Waals surface area contributed by atoms with Gasteiger partial charge < -0.3 is 10.2 Å². The summed E-state index contributed by atoms with van der Waals surface area (Å²) in [5.41, 5.74) is 6.10. The first-order valence-corrected chi connectivity index (χ1v) is 13.6. The number of fused-ring (bicyclic) bond motifs is 1. The number of rotatable bonds is 6. The summed E-state index contributed by atoms with van der Waals surface area (Å²) in [6.45, 7) is 0.828. The van der Waals surface area contributed by atoms with E-state index in [4.69, 9.17) is 0 Å². The minimum atomic E-state index is -3.76. The van der Waals surface area contributed by atoms with Gasteiger partial charge in [-0.2, -0.15) is 4.31 Å². The summed E-state index contributed by atoms with van der Waals surface area (Å²) in [6.07, 6.45) is 0.625. The van der Waals surface area contributed by atoms with Gasteiger partial charge in [0.1, 0.15) is 0 Å². The summed E-state index contributed by atoms with van der Waals surface area (Å²) < 4.78 is 30.0. The van der Waals surface area contributed by atoms with E-state index in [-0.39, 0.29) is 6.04 Å². The van der Waals surface area contributed by atoms with Gasteiger partial charge in [-0.1, -0.05) is 72.8 Å². The zero-order valence-corrected chi connectivity index (χ0v) is 21.4. The highest BCUT2D eigenvalue weighted by molar-refractivity contribution is 7.89. The van der Waals surface area contributed by atoms with Crippen LogP contribution in [0.4, 0.5) is 11.4 Å². The van der Waals surface area contributed by atoms with E-state index in [1.54, 1.807) is 16.4 Å². The average molecular weight is 498 g/mol. The Morgan fingerprint density at radius 2 is 1.56 bits per heavy atom. The van der Waals surface area contributed by atoms with Crippen molar-refractivity contribution in [3.63, 3.8) is 0 Å². The molecule has 0 radical (unpaired) electrons. The lowest BCUT2D eigenvalue weighted by Gasteiger charge is -2.29. The number of nitrogens with zero attached hydrogens (tertiary/aromatic N) is 2. The van der Waals surface area contributed by atoms with Crippen LogP contribution in [0.2, 0.25) is 0 Å². The quantitative estimate of drug-likeness (QED) is 0.374. The highest BCUT2D eigenvalue weighted by Crippen LogP contribution is 2.33. The lowest BCUT2D eigenvalue weighted by atomic mass is 10.0. The molecule has 1 heterocycles. The van der Waals surface area contributed by atoms with Crippen LogP contribution in [0.1, 0.15) is 11.1 Å². The zero-order valence-electron chi connectivity index (χ0n) is 20.6. The summed E-state index contributed by atoms with van der Waals surface area (Å²) in [5.74, 6) is 0. The van der Waals surface area contributed by atoms with Crippen LogP contribution in [-0.4, -0.2) is 39.4 Å². The van der Waals surface area contributed by atoms with Gasteiger partial charge in [-0.25, -0.2) is 8.42 Å². The van der Waals surface area contributed by atoms with Gasteiger partial charge >= 0.3 is 0 Å². The molecule has 0 aromatic heterocycles. The van der Waals surface area contributed by atoms with Crippen LogP contribution in [0, 0.1) is 0 Å². The highest BCUT2D eigenvalue weighted by Gasteiger charge is 2.34. The van der Waals surface area contributed by atoms with Crippen LogP contribution in [0.5, 0.6) is 0 Å². The van der Waals surface area contributed by atoms with Gasteiger partial charge in [0.2, 0.25) is 10.0 Å². The molecule has 0 aliphatic carbocycles. The summed E-state index contributed by atoms with van der Waals surface area (Å²) >= 11 is 0. The van der Waals surface area contributed by atoms with Crippen molar-refractivity contribution in [1.82, 2.24) is 4.31 Å². The highest BCUT2D eigenvalue weighted by atomic mass is 32.2. The maximum Gasteiger partial charge on any atom is 0.243 e. The van der Waals surface area contributed by atoms with E-state index in [1.807, 2.05) is 67.5 Å². The van der Waals surface area contributed by atoms with E-state index in [0.717, 1.165) is 33.6 Å². The van der Waals surface area contributed by atoms with Crippen LogP contribution in [0.25, 0.3) is 11.1 Å². The number of hydrogen-bond donors (Lipinski definition) is 1. The minimum absolute atomic E-state index is 0.243. The molecule has 0 unspecified atom stereocenters. The van der Waals surface area contributed by atoms with E-state index in [0.29, 0.717) is 24.4 Å². The SMILES string of the molecule is CN(C)c1cccc(S(=O)(=O)N2Cc3cc(-c4ccccc4)ccc3NC[C@H]2Cc2ccccc2)c1. The standard InChI is InChI=1S/C30H31N3O2S/c1-32(2)27-14-9-15-29(20-27)36(34,35)33-22-26-19-25(24-12-7-4-8-13-24)16-17-30(26)31-21-28(33)18-23-10-5-3-6-11-23/h3-17,19-20,28,31H,18,21-22H2,1-2H3/t28-/m1/s1. The molecular weight excluding hydrogens is 466 g/mol. The van der Waals surface area contributed by atoms with E-state index >= 15 is 0 Å². The Balaban J connectivity index is 1.57. The van der Waals surface area contributed by atoms with Gasteiger partial charge in [0.25, 0.3) is 0 Å². The summed E-state index contributed by atoms with van der Waals surface area (Å²) in [4.78, 5) is 2.24. The van der Waals surface area contributed by atoms with Gasteiger partial charge in [0, 0.05) is 44.6 Å². The Morgan fingerprint density at radius 1 is 0.833 bits per heavy atom. The van der Waals surface area contributed by atoms with Crippen molar-refractivity contribution >= 4 is 21.4 Å². The number of hydrogen-bond acceptors (Lipinski definition) is 4. The second-order valence-corrected chi connectivity index (χ2v) is 11.3. The van der Waals surface area contributed by atoms with Gasteiger partial charge in [-0.3, -0.25) is 0 Å². The molecule has 5 nitrogen and oxygen atoms in total. The van der Waals surface area contributed by atoms with Crippen molar-refractivity contribution in [3.8, 4) is 11.1 Å². The van der Waals surface area contributed by atoms with Crippen molar-refractivity contribution in [2.24, 2.45) is 0 Å². The molecule has 184 valence electrons. The minimum Gasteiger partial charge on any atom is -0.383 e. The summed E-state index contributed by atoms with van der Waals surface area (Å²) in [5, 5.41) is 3.54. The topological polar surface area (TPSA) is 52.7 Å². The molecule has 0 amide bonds. The third-order valence-electron chi connectivity index (χ3n) is 6.73. The Bertz CT molecular complexity index is 1440. The van der Waals surface area contributed by atoms with Crippen LogP contribution >= 0.6 is 0 Å². The van der Waals surface area contributed by atoms with Gasteiger partial charge in [-0.05, 0) is 59.0 Å². The first-order chi connectivity index (χ1) is 17.4. The van der Waals surface area contributed by atoms with Crippen molar-refractivity contribution < 1.29 is 8.42 Å². The van der Waals surface area contributed by atoms with E-state index in [9.17, 15) is 8.42 Å². The molecule has 1 N–H and O–H groups in total. The Hall–Kier alpha value is -3.61. The van der Waals surface area contributed by atoms with Gasteiger partial charge in [0.15, 0.2) is 0 Å². The molecule has 0 spiro atoms. The maximum atomic E-state index is 14.2. The van der Waals surface area contributed by atoms with Crippen LogP contribution in [0.3, 0.4) is 0 Å². The first kappa shape index (κ1) is 24.1. The Kier molecular flexibility index (Phi) is 6.81. The predicted molar refractivity (Wildman–Crippen MR) is 148 cm³/mol. The Morgan fingerprint density at radius 3 is 2.28 bits per heavy atom. The van der Waals surface area contributed by atoms with Crippen molar-refractivity contribution in [2.45, 2.75) is 23.9 Å². The third kappa shape index (κ3) is 5.01. The molecule has 0 saturated carbocycles. The lowest BCUT2D eigenvalue weighted by molar-refractivity contribution is 0.326.